The van der Waals surface area contributed by atoms with Crippen LogP contribution in [0.4, 0.5) is 0 Å². The van der Waals surface area contributed by atoms with Crippen LogP contribution in [0.5, 0.6) is 11.5 Å². The lowest BCUT2D eigenvalue weighted by molar-refractivity contribution is -0.201. The zero-order valence-electron chi connectivity index (χ0n) is 20.0. The zero-order chi connectivity index (χ0) is 23.7. The second kappa shape index (κ2) is 6.68. The van der Waals surface area contributed by atoms with Crippen molar-refractivity contribution in [2.75, 3.05) is 13.1 Å². The van der Waals surface area contributed by atoms with Gasteiger partial charge in [0.05, 0.1) is 17.1 Å². The quantitative estimate of drug-likeness (QED) is 0.652. The van der Waals surface area contributed by atoms with E-state index in [9.17, 15) is 19.8 Å². The zero-order valence-corrected chi connectivity index (χ0v) is 20.0. The van der Waals surface area contributed by atoms with Gasteiger partial charge in [0.1, 0.15) is 6.10 Å². The molecule has 1 aromatic carbocycles. The molecule has 1 spiro atoms. The number of phenols is 1. The van der Waals surface area contributed by atoms with Crippen LogP contribution < -0.4 is 4.74 Å². The molecule has 8 rings (SSSR count). The van der Waals surface area contributed by atoms with Crippen molar-refractivity contribution < 1.29 is 24.5 Å². The minimum atomic E-state index is -1.01. The van der Waals surface area contributed by atoms with Crippen LogP contribution in [0, 0.1) is 5.92 Å². The molecular formula is C28H32N2O5. The molecule has 184 valence electrons. The predicted octanol–water partition coefficient (Wildman–Crippen LogP) is 2.56. The number of ether oxygens (including phenoxy) is 1. The number of imide groups is 1. The van der Waals surface area contributed by atoms with Gasteiger partial charge in [-0.3, -0.25) is 19.4 Å². The van der Waals surface area contributed by atoms with Crippen molar-refractivity contribution in [2.45, 2.75) is 93.4 Å². The molecule has 0 aromatic heterocycles. The molecule has 7 nitrogen and oxygen atoms in total. The van der Waals surface area contributed by atoms with Crippen LogP contribution in [0.3, 0.4) is 0 Å². The molecule has 1 unspecified atom stereocenters. The number of carbonyl (C=O) groups is 2. The van der Waals surface area contributed by atoms with Gasteiger partial charge >= 0.3 is 0 Å². The number of hydrogen-bond acceptors (Lipinski definition) is 6. The van der Waals surface area contributed by atoms with Gasteiger partial charge in [-0.25, -0.2) is 0 Å². The number of likely N-dealkylation sites (tertiary alicyclic amines) is 1. The summed E-state index contributed by atoms with van der Waals surface area (Å²) in [6, 6.07) is 3.25. The molecule has 4 aliphatic carbocycles. The summed E-state index contributed by atoms with van der Waals surface area (Å²) in [5.41, 5.74) is 1.73. The first-order chi connectivity index (χ1) is 16.9. The Labute approximate surface area is 204 Å². The molecule has 2 bridgehead atoms. The molecule has 5 atom stereocenters. The molecule has 1 saturated heterocycles. The van der Waals surface area contributed by atoms with Gasteiger partial charge in [0.2, 0.25) is 0 Å². The summed E-state index contributed by atoms with van der Waals surface area (Å²) >= 11 is 0. The monoisotopic (exact) mass is 476 g/mol. The van der Waals surface area contributed by atoms with E-state index in [0.29, 0.717) is 49.0 Å². The summed E-state index contributed by atoms with van der Waals surface area (Å²) in [6.45, 7) is 1.89. The van der Waals surface area contributed by atoms with Crippen LogP contribution in [0.25, 0.3) is 0 Å². The van der Waals surface area contributed by atoms with Crippen LogP contribution in [-0.2, 0) is 21.4 Å². The molecule has 1 aromatic rings. The van der Waals surface area contributed by atoms with Crippen molar-refractivity contribution in [1.29, 1.82) is 0 Å². The fourth-order valence-corrected chi connectivity index (χ4v) is 8.78. The summed E-state index contributed by atoms with van der Waals surface area (Å²) in [7, 11) is 0. The largest absolute Gasteiger partial charge is 0.504 e. The van der Waals surface area contributed by atoms with Crippen LogP contribution in [-0.4, -0.2) is 68.7 Å². The molecule has 35 heavy (non-hydrogen) atoms. The summed E-state index contributed by atoms with van der Waals surface area (Å²) in [4.78, 5) is 31.1. The molecule has 7 aliphatic rings. The lowest BCUT2D eigenvalue weighted by Crippen LogP contribution is -2.78. The number of amides is 2. The predicted molar refractivity (Wildman–Crippen MR) is 126 cm³/mol. The highest BCUT2D eigenvalue weighted by atomic mass is 16.5. The number of rotatable bonds is 3. The maximum absolute atomic E-state index is 13.5. The number of phenolic OH excluding ortho intramolecular Hbond substituents is 1. The molecule has 2 saturated carbocycles. The minimum Gasteiger partial charge on any atom is -0.504 e. The highest BCUT2D eigenvalue weighted by Gasteiger charge is 2.74. The summed E-state index contributed by atoms with van der Waals surface area (Å²) in [5, 5.41) is 23.4. The van der Waals surface area contributed by atoms with E-state index in [4.69, 9.17) is 4.74 Å². The molecule has 2 N–H and O–H groups in total. The fraction of sp³-hybridized carbons (Fsp3) is 0.643. The standard InChI is InChI=1S/C28H32N2O5/c31-20-8-7-16-13-21-28(34)10-9-19(30-25(32)17-3-1-2-4-18(17)26(30)33)24-27(28,22(16)23(20)35-24)11-12-29(21)14-15-5-6-15/h7-8,15,19,21,24,31,34H,1-6,9-14H2/t19-,21-,24+,27+,28?/m1/s1. The average Bonchev–Trinajstić information content (AvgIpc) is 3.54. The van der Waals surface area contributed by atoms with E-state index in [2.05, 4.69) is 4.90 Å². The molecule has 3 aliphatic heterocycles. The topological polar surface area (TPSA) is 90.3 Å². The third-order valence-electron chi connectivity index (χ3n) is 10.5. The van der Waals surface area contributed by atoms with Gasteiger partial charge in [0.15, 0.2) is 11.5 Å². The Morgan fingerprint density at radius 1 is 1.03 bits per heavy atom. The molecule has 7 heteroatoms. The number of nitrogens with zero attached hydrogens (tertiary/aromatic N) is 2. The van der Waals surface area contributed by atoms with Gasteiger partial charge in [-0.05, 0) is 88.3 Å². The molecular weight excluding hydrogens is 444 g/mol. The Morgan fingerprint density at radius 3 is 2.49 bits per heavy atom. The molecule has 0 radical (unpaired) electrons. The Kier molecular flexibility index (Phi) is 3.97. The van der Waals surface area contributed by atoms with E-state index in [1.54, 1.807) is 6.07 Å². The Morgan fingerprint density at radius 2 is 1.77 bits per heavy atom. The average molecular weight is 477 g/mol. The maximum atomic E-state index is 13.5. The molecule has 3 heterocycles. The summed E-state index contributed by atoms with van der Waals surface area (Å²) < 4.78 is 6.59. The van der Waals surface area contributed by atoms with Gasteiger partial charge in [-0.2, -0.15) is 0 Å². The van der Waals surface area contributed by atoms with Crippen LogP contribution in [0.1, 0.15) is 68.9 Å². The van der Waals surface area contributed by atoms with Crippen LogP contribution in [0.15, 0.2) is 23.3 Å². The van der Waals surface area contributed by atoms with E-state index < -0.39 is 23.2 Å². The Bertz CT molecular complexity index is 1190. The number of aromatic hydroxyl groups is 1. The smallest absolute Gasteiger partial charge is 0.257 e. The van der Waals surface area contributed by atoms with Crippen molar-refractivity contribution >= 4 is 11.8 Å². The highest BCUT2D eigenvalue weighted by Crippen LogP contribution is 2.66. The van der Waals surface area contributed by atoms with Gasteiger partial charge < -0.3 is 14.9 Å². The van der Waals surface area contributed by atoms with E-state index in [1.165, 1.54) is 17.7 Å². The summed E-state index contributed by atoms with van der Waals surface area (Å²) in [5.74, 6) is 0.972. The van der Waals surface area contributed by atoms with Gasteiger partial charge in [0, 0.05) is 29.3 Å². The van der Waals surface area contributed by atoms with Crippen LogP contribution in [0.2, 0.25) is 0 Å². The lowest BCUT2D eigenvalue weighted by atomic mass is 9.48. The van der Waals surface area contributed by atoms with Gasteiger partial charge in [0.25, 0.3) is 11.8 Å². The van der Waals surface area contributed by atoms with Crippen LogP contribution >= 0.6 is 0 Å². The normalized spacial score (nSPS) is 39.6. The second-order valence-electron chi connectivity index (χ2n) is 12.0. The van der Waals surface area contributed by atoms with E-state index in [1.807, 2.05) is 6.07 Å². The first-order valence-electron chi connectivity index (χ1n) is 13.5. The second-order valence-corrected chi connectivity index (χ2v) is 12.0. The van der Waals surface area contributed by atoms with Crippen molar-refractivity contribution in [1.82, 2.24) is 9.80 Å². The Hall–Kier alpha value is -2.38. The van der Waals surface area contributed by atoms with Crippen molar-refractivity contribution in [3.8, 4) is 11.5 Å². The number of hydrogen-bond donors (Lipinski definition) is 2. The first-order valence-corrected chi connectivity index (χ1v) is 13.5. The third kappa shape index (κ3) is 2.40. The van der Waals surface area contributed by atoms with Gasteiger partial charge in [-0.1, -0.05) is 6.07 Å². The highest BCUT2D eigenvalue weighted by molar-refractivity contribution is 6.19. The van der Waals surface area contributed by atoms with E-state index >= 15 is 0 Å². The number of benzene rings is 1. The number of aliphatic hydroxyl groups is 1. The van der Waals surface area contributed by atoms with E-state index in [-0.39, 0.29) is 23.6 Å². The summed E-state index contributed by atoms with van der Waals surface area (Å²) in [6.07, 6.45) is 7.74. The Balaban J connectivity index is 1.26. The van der Waals surface area contributed by atoms with E-state index in [0.717, 1.165) is 49.4 Å². The molecule has 2 amide bonds. The fourth-order valence-electron chi connectivity index (χ4n) is 8.78. The van der Waals surface area contributed by atoms with Crippen molar-refractivity contribution in [2.24, 2.45) is 5.92 Å². The lowest BCUT2D eigenvalue weighted by Gasteiger charge is -2.64. The number of piperidine rings is 1. The maximum Gasteiger partial charge on any atom is 0.257 e. The van der Waals surface area contributed by atoms with Crippen molar-refractivity contribution in [3.05, 3.63) is 34.4 Å². The minimum absolute atomic E-state index is 0.0109. The van der Waals surface area contributed by atoms with Gasteiger partial charge in [-0.15, -0.1) is 0 Å². The molecule has 3 fully saturated rings. The SMILES string of the molecule is O=C1C2=C(CCCC2)C(=O)N1[C@@H]1CCC2(O)[C@H]3Cc4ccc(O)c5c4[C@@]2(CCN3CC2CC2)[C@H]1O5. The number of carbonyl (C=O) groups excluding carboxylic acids is 2. The third-order valence-corrected chi connectivity index (χ3v) is 10.5. The van der Waals surface area contributed by atoms with Crippen molar-refractivity contribution in [3.63, 3.8) is 0 Å². The first kappa shape index (κ1) is 20.8.